The van der Waals surface area contributed by atoms with Crippen molar-refractivity contribution in [3.05, 3.63) is 108 Å². The number of carbonyl (C=O) groups is 1. The van der Waals surface area contributed by atoms with Crippen LogP contribution in [0.2, 0.25) is 0 Å². The SMILES string of the molecule is C[C@@H]1C[C@@H](c2ccc3c(-c4ccc(OCc5ccccc5)nc4OCc4ccccc4)nn(C)c3c2)CCN1C(=O)O. The highest BCUT2D eigenvalue weighted by Gasteiger charge is 2.30. The molecule has 8 heteroatoms. The third kappa shape index (κ3) is 5.79. The monoisotopic (exact) mass is 562 g/mol. The molecule has 0 spiro atoms. The summed E-state index contributed by atoms with van der Waals surface area (Å²) in [6, 6.07) is 30.3. The third-order valence-electron chi connectivity index (χ3n) is 8.01. The van der Waals surface area contributed by atoms with Crippen LogP contribution in [0.25, 0.3) is 22.2 Å². The molecule has 2 atom stereocenters. The first-order valence-corrected chi connectivity index (χ1v) is 14.3. The Balaban J connectivity index is 1.31. The van der Waals surface area contributed by atoms with Gasteiger partial charge in [0.25, 0.3) is 0 Å². The van der Waals surface area contributed by atoms with E-state index in [0.29, 0.717) is 37.4 Å². The molecule has 6 rings (SSSR count). The lowest BCUT2D eigenvalue weighted by Gasteiger charge is -2.36. The fourth-order valence-electron chi connectivity index (χ4n) is 5.74. The van der Waals surface area contributed by atoms with E-state index in [1.165, 1.54) is 10.5 Å². The summed E-state index contributed by atoms with van der Waals surface area (Å²) in [6.45, 7) is 3.30. The van der Waals surface area contributed by atoms with E-state index < -0.39 is 6.09 Å². The molecule has 3 aromatic carbocycles. The van der Waals surface area contributed by atoms with Gasteiger partial charge in [-0.25, -0.2) is 4.79 Å². The molecule has 1 N–H and O–H groups in total. The summed E-state index contributed by atoms with van der Waals surface area (Å²) in [4.78, 5) is 17.8. The van der Waals surface area contributed by atoms with Crippen molar-refractivity contribution in [2.45, 2.75) is 44.9 Å². The number of hydrogen-bond acceptors (Lipinski definition) is 5. The predicted molar refractivity (Wildman–Crippen MR) is 162 cm³/mol. The van der Waals surface area contributed by atoms with Gasteiger partial charge in [-0.2, -0.15) is 10.1 Å². The van der Waals surface area contributed by atoms with Crippen LogP contribution < -0.4 is 9.47 Å². The summed E-state index contributed by atoms with van der Waals surface area (Å²) in [5, 5.41) is 15.4. The number of rotatable bonds is 8. The molecular weight excluding hydrogens is 528 g/mol. The molecule has 1 aliphatic rings. The Kier molecular flexibility index (Phi) is 7.77. The van der Waals surface area contributed by atoms with Gasteiger partial charge in [-0.3, -0.25) is 4.68 Å². The Morgan fingerprint density at radius 2 is 1.62 bits per heavy atom. The van der Waals surface area contributed by atoms with Gasteiger partial charge in [-0.05, 0) is 54.5 Å². The Hall–Kier alpha value is -4.85. The Morgan fingerprint density at radius 3 is 2.29 bits per heavy atom. The quantitative estimate of drug-likeness (QED) is 0.218. The average molecular weight is 563 g/mol. The molecule has 1 amide bonds. The van der Waals surface area contributed by atoms with Gasteiger partial charge < -0.3 is 19.5 Å². The van der Waals surface area contributed by atoms with Crippen LogP contribution in [0.15, 0.2) is 91.0 Å². The van der Waals surface area contributed by atoms with Crippen molar-refractivity contribution in [3.63, 3.8) is 0 Å². The minimum atomic E-state index is -0.844. The fraction of sp³-hybridized carbons (Fsp3) is 0.265. The molecule has 42 heavy (non-hydrogen) atoms. The lowest BCUT2D eigenvalue weighted by molar-refractivity contribution is 0.107. The van der Waals surface area contributed by atoms with E-state index in [1.807, 2.05) is 91.4 Å². The van der Waals surface area contributed by atoms with E-state index in [2.05, 4.69) is 18.2 Å². The molecule has 1 fully saturated rings. The zero-order valence-corrected chi connectivity index (χ0v) is 23.8. The number of ether oxygens (including phenoxy) is 2. The van der Waals surface area contributed by atoms with Gasteiger partial charge in [0.1, 0.15) is 18.9 Å². The summed E-state index contributed by atoms with van der Waals surface area (Å²) in [5.74, 6) is 1.24. The van der Waals surface area contributed by atoms with Crippen molar-refractivity contribution in [2.75, 3.05) is 6.54 Å². The van der Waals surface area contributed by atoms with Crippen molar-refractivity contribution in [1.29, 1.82) is 0 Å². The fourth-order valence-corrected chi connectivity index (χ4v) is 5.74. The molecular formula is C34H34N4O4. The minimum Gasteiger partial charge on any atom is -0.473 e. The first-order chi connectivity index (χ1) is 20.5. The highest BCUT2D eigenvalue weighted by Crippen LogP contribution is 2.38. The normalized spacial score (nSPS) is 16.9. The maximum atomic E-state index is 11.5. The van der Waals surface area contributed by atoms with Gasteiger partial charge in [0.2, 0.25) is 11.8 Å². The number of carboxylic acid groups (broad SMARTS) is 1. The van der Waals surface area contributed by atoms with Crippen LogP contribution in [-0.4, -0.2) is 43.5 Å². The summed E-state index contributed by atoms with van der Waals surface area (Å²) >= 11 is 0. The van der Waals surface area contributed by atoms with Crippen molar-refractivity contribution in [2.24, 2.45) is 7.05 Å². The van der Waals surface area contributed by atoms with E-state index >= 15 is 0 Å². The summed E-state index contributed by atoms with van der Waals surface area (Å²) in [6.07, 6.45) is 0.760. The molecule has 3 heterocycles. The van der Waals surface area contributed by atoms with Gasteiger partial charge in [-0.15, -0.1) is 0 Å². The van der Waals surface area contributed by atoms with E-state index in [1.54, 1.807) is 0 Å². The van der Waals surface area contributed by atoms with E-state index in [9.17, 15) is 9.90 Å². The first-order valence-electron chi connectivity index (χ1n) is 14.3. The lowest BCUT2D eigenvalue weighted by atomic mass is 9.85. The van der Waals surface area contributed by atoms with Gasteiger partial charge in [0.15, 0.2) is 0 Å². The minimum absolute atomic E-state index is 0.0166. The number of aryl methyl sites for hydroxylation is 1. The molecule has 8 nitrogen and oxygen atoms in total. The topological polar surface area (TPSA) is 89.7 Å². The molecule has 1 aliphatic heterocycles. The van der Waals surface area contributed by atoms with Crippen LogP contribution in [0.5, 0.6) is 11.8 Å². The molecule has 1 saturated heterocycles. The number of benzene rings is 3. The van der Waals surface area contributed by atoms with E-state index in [4.69, 9.17) is 19.6 Å². The van der Waals surface area contributed by atoms with Crippen LogP contribution in [0.1, 0.15) is 42.4 Å². The number of fused-ring (bicyclic) bond motifs is 1. The Bertz CT molecular complexity index is 1690. The Morgan fingerprint density at radius 1 is 0.929 bits per heavy atom. The maximum Gasteiger partial charge on any atom is 0.407 e. The van der Waals surface area contributed by atoms with Crippen molar-refractivity contribution < 1.29 is 19.4 Å². The molecule has 5 aromatic rings. The second kappa shape index (κ2) is 11.9. The van der Waals surface area contributed by atoms with Crippen LogP contribution in [-0.2, 0) is 20.3 Å². The summed E-state index contributed by atoms with van der Waals surface area (Å²) < 4.78 is 14.2. The van der Waals surface area contributed by atoms with Gasteiger partial charge in [0, 0.05) is 31.1 Å². The zero-order chi connectivity index (χ0) is 29.1. The molecule has 214 valence electrons. The second-order valence-corrected chi connectivity index (χ2v) is 10.8. The number of nitrogens with zero attached hydrogens (tertiary/aromatic N) is 4. The van der Waals surface area contributed by atoms with Crippen LogP contribution in [0.4, 0.5) is 4.79 Å². The van der Waals surface area contributed by atoms with Crippen molar-refractivity contribution in [3.8, 4) is 23.0 Å². The third-order valence-corrected chi connectivity index (χ3v) is 8.01. The average Bonchev–Trinajstić information content (AvgIpc) is 3.35. The molecule has 0 aliphatic carbocycles. The number of likely N-dealkylation sites (tertiary alicyclic amines) is 1. The number of pyridine rings is 1. The summed E-state index contributed by atoms with van der Waals surface area (Å²) in [7, 11) is 1.94. The lowest BCUT2D eigenvalue weighted by Crippen LogP contribution is -2.43. The van der Waals surface area contributed by atoms with Gasteiger partial charge in [0.05, 0.1) is 11.1 Å². The van der Waals surface area contributed by atoms with Crippen LogP contribution in [0, 0.1) is 0 Å². The molecule has 0 radical (unpaired) electrons. The molecule has 0 bridgehead atoms. The number of piperidine rings is 1. The predicted octanol–water partition coefficient (Wildman–Crippen LogP) is 7.04. The number of hydrogen-bond donors (Lipinski definition) is 1. The molecule has 2 aromatic heterocycles. The van der Waals surface area contributed by atoms with Crippen LogP contribution >= 0.6 is 0 Å². The second-order valence-electron chi connectivity index (χ2n) is 10.8. The van der Waals surface area contributed by atoms with Crippen molar-refractivity contribution >= 4 is 17.0 Å². The molecule has 0 saturated carbocycles. The standard InChI is InChI=1S/C34H34N4O4/c1-23-19-27(17-18-38(23)34(39)40)26-13-14-28-30(20-26)37(2)36-32(28)29-15-16-31(41-21-24-9-5-3-6-10-24)35-33(29)42-22-25-11-7-4-8-12-25/h3-16,20,23,27H,17-19,21-22H2,1-2H3,(H,39,40)/t23-,27+/m1/s1. The zero-order valence-electron chi connectivity index (χ0n) is 23.8. The highest BCUT2D eigenvalue weighted by molar-refractivity contribution is 5.95. The van der Waals surface area contributed by atoms with E-state index in [0.717, 1.165) is 46.1 Å². The maximum absolute atomic E-state index is 11.5. The van der Waals surface area contributed by atoms with E-state index in [-0.39, 0.29) is 6.04 Å². The molecule has 0 unspecified atom stereocenters. The number of amides is 1. The highest BCUT2D eigenvalue weighted by atomic mass is 16.5. The first kappa shape index (κ1) is 27.3. The number of aromatic nitrogens is 3. The van der Waals surface area contributed by atoms with Crippen molar-refractivity contribution in [1.82, 2.24) is 19.7 Å². The smallest absolute Gasteiger partial charge is 0.407 e. The van der Waals surface area contributed by atoms with Crippen LogP contribution in [0.3, 0.4) is 0 Å². The summed E-state index contributed by atoms with van der Waals surface area (Å²) in [5.41, 5.74) is 5.90. The van der Waals surface area contributed by atoms with Gasteiger partial charge in [-0.1, -0.05) is 72.8 Å². The van der Waals surface area contributed by atoms with Gasteiger partial charge >= 0.3 is 6.09 Å². The largest absolute Gasteiger partial charge is 0.473 e. The Labute approximate surface area is 245 Å².